The normalized spacial score (nSPS) is 10.8. The molecule has 0 saturated carbocycles. The van der Waals surface area contributed by atoms with Crippen molar-refractivity contribution < 1.29 is 9.18 Å². The third-order valence-corrected chi connectivity index (χ3v) is 5.09. The fourth-order valence-electron chi connectivity index (χ4n) is 2.67. The van der Waals surface area contributed by atoms with Crippen LogP contribution in [0.3, 0.4) is 0 Å². The molecule has 0 spiro atoms. The Labute approximate surface area is 162 Å². The lowest BCUT2D eigenvalue weighted by Crippen LogP contribution is -2.14. The highest BCUT2D eigenvalue weighted by Gasteiger charge is 2.17. The number of carbonyl (C=O) groups excluding carboxylic acids is 1. The molecule has 5 nitrogen and oxygen atoms in total. The molecule has 0 unspecified atom stereocenters. The Kier molecular flexibility index (Phi) is 6.24. The van der Waals surface area contributed by atoms with Crippen LogP contribution in [0.4, 0.5) is 10.1 Å². The predicted octanol–water partition coefficient (Wildman–Crippen LogP) is 4.40. The predicted molar refractivity (Wildman–Crippen MR) is 106 cm³/mol. The Hall–Kier alpha value is -2.67. The summed E-state index contributed by atoms with van der Waals surface area (Å²) in [4.78, 5) is 12.2. The molecule has 3 rings (SSSR count). The molecule has 0 atom stereocenters. The molecule has 1 amide bonds. The number of rotatable bonds is 7. The number of amides is 1. The van der Waals surface area contributed by atoms with Gasteiger partial charge in [0.05, 0.1) is 11.3 Å². The number of nitrogens with one attached hydrogen (secondary N) is 1. The molecule has 140 valence electrons. The number of aryl methyl sites for hydroxylation is 1. The Morgan fingerprint density at radius 3 is 2.52 bits per heavy atom. The molecular weight excluding hydrogens is 363 g/mol. The SMILES string of the molecule is CCc1ccc(NC(=O)CSc2nnc(-c3ccccc3F)n2CC)cc1. The third-order valence-electron chi connectivity index (χ3n) is 4.13. The third kappa shape index (κ3) is 4.54. The maximum Gasteiger partial charge on any atom is 0.234 e. The van der Waals surface area contributed by atoms with Crippen LogP contribution in [0.5, 0.6) is 0 Å². The van der Waals surface area contributed by atoms with Crippen molar-refractivity contribution in [3.8, 4) is 11.4 Å². The van der Waals surface area contributed by atoms with Crippen LogP contribution < -0.4 is 5.32 Å². The van der Waals surface area contributed by atoms with Crippen LogP contribution in [-0.2, 0) is 17.8 Å². The van der Waals surface area contributed by atoms with E-state index in [9.17, 15) is 9.18 Å². The van der Waals surface area contributed by atoms with E-state index in [-0.39, 0.29) is 17.5 Å². The van der Waals surface area contributed by atoms with Crippen LogP contribution in [0.2, 0.25) is 0 Å². The van der Waals surface area contributed by atoms with Crippen LogP contribution in [-0.4, -0.2) is 26.4 Å². The lowest BCUT2D eigenvalue weighted by Gasteiger charge is -2.08. The summed E-state index contributed by atoms with van der Waals surface area (Å²) < 4.78 is 15.9. The van der Waals surface area contributed by atoms with Crippen LogP contribution in [0.15, 0.2) is 53.7 Å². The van der Waals surface area contributed by atoms with Gasteiger partial charge in [0.25, 0.3) is 0 Å². The van der Waals surface area contributed by atoms with Crippen LogP contribution in [0.1, 0.15) is 19.4 Å². The highest BCUT2D eigenvalue weighted by molar-refractivity contribution is 7.99. The van der Waals surface area contributed by atoms with Gasteiger partial charge in [-0.3, -0.25) is 4.79 Å². The van der Waals surface area contributed by atoms with E-state index in [1.165, 1.54) is 23.4 Å². The van der Waals surface area contributed by atoms with Crippen LogP contribution >= 0.6 is 11.8 Å². The molecule has 3 aromatic rings. The topological polar surface area (TPSA) is 59.8 Å². The Morgan fingerprint density at radius 1 is 1.11 bits per heavy atom. The minimum absolute atomic E-state index is 0.123. The van der Waals surface area contributed by atoms with Crippen molar-refractivity contribution in [2.75, 3.05) is 11.1 Å². The molecule has 1 aromatic heterocycles. The zero-order chi connectivity index (χ0) is 19.2. The van der Waals surface area contributed by atoms with E-state index in [0.29, 0.717) is 23.1 Å². The second-order valence-corrected chi connectivity index (χ2v) is 6.86. The number of benzene rings is 2. The lowest BCUT2D eigenvalue weighted by atomic mass is 10.1. The molecule has 0 fully saturated rings. The maximum absolute atomic E-state index is 14.1. The van der Waals surface area contributed by atoms with Gasteiger partial charge in [-0.15, -0.1) is 10.2 Å². The first kappa shape index (κ1) is 19.1. The van der Waals surface area contributed by atoms with E-state index >= 15 is 0 Å². The molecule has 0 bridgehead atoms. The minimum atomic E-state index is -0.343. The van der Waals surface area contributed by atoms with Crippen molar-refractivity contribution in [2.45, 2.75) is 32.0 Å². The molecule has 1 N–H and O–H groups in total. The molecule has 0 aliphatic rings. The van der Waals surface area contributed by atoms with Gasteiger partial charge in [0.15, 0.2) is 11.0 Å². The average Bonchev–Trinajstić information content (AvgIpc) is 3.10. The summed E-state index contributed by atoms with van der Waals surface area (Å²) in [6, 6.07) is 14.3. The molecule has 0 aliphatic carbocycles. The van der Waals surface area contributed by atoms with E-state index in [4.69, 9.17) is 0 Å². The minimum Gasteiger partial charge on any atom is -0.325 e. The lowest BCUT2D eigenvalue weighted by molar-refractivity contribution is -0.113. The zero-order valence-corrected chi connectivity index (χ0v) is 16.1. The van der Waals surface area contributed by atoms with Gasteiger partial charge in [0.1, 0.15) is 5.82 Å². The highest BCUT2D eigenvalue weighted by atomic mass is 32.2. The first-order valence-electron chi connectivity index (χ1n) is 8.82. The summed E-state index contributed by atoms with van der Waals surface area (Å²) in [5, 5.41) is 11.7. The van der Waals surface area contributed by atoms with E-state index in [1.807, 2.05) is 35.8 Å². The molecule has 0 radical (unpaired) electrons. The quantitative estimate of drug-likeness (QED) is 0.614. The summed E-state index contributed by atoms with van der Waals surface area (Å²) in [7, 11) is 0. The van der Waals surface area contributed by atoms with Crippen molar-refractivity contribution in [1.29, 1.82) is 0 Å². The number of nitrogens with zero attached hydrogens (tertiary/aromatic N) is 3. The van der Waals surface area contributed by atoms with Gasteiger partial charge in [0, 0.05) is 12.2 Å². The number of carbonyl (C=O) groups is 1. The molecule has 2 aromatic carbocycles. The van der Waals surface area contributed by atoms with Crippen molar-refractivity contribution in [3.05, 3.63) is 59.9 Å². The van der Waals surface area contributed by atoms with Crippen molar-refractivity contribution in [1.82, 2.24) is 14.8 Å². The summed E-state index contributed by atoms with van der Waals surface area (Å²) >= 11 is 1.28. The average molecular weight is 384 g/mol. The Balaban J connectivity index is 1.67. The first-order chi connectivity index (χ1) is 13.1. The summed E-state index contributed by atoms with van der Waals surface area (Å²) in [6.07, 6.45) is 0.959. The number of hydrogen-bond donors (Lipinski definition) is 1. The van der Waals surface area contributed by atoms with Gasteiger partial charge in [-0.1, -0.05) is 43.0 Å². The summed E-state index contributed by atoms with van der Waals surface area (Å²) in [5.74, 6) is 0.200. The fraction of sp³-hybridized carbons (Fsp3) is 0.250. The molecule has 27 heavy (non-hydrogen) atoms. The van der Waals surface area contributed by atoms with Gasteiger partial charge in [-0.05, 0) is 43.2 Å². The van der Waals surface area contributed by atoms with Gasteiger partial charge in [-0.2, -0.15) is 0 Å². The standard InChI is InChI=1S/C20H21FN4OS/c1-3-14-9-11-15(12-10-14)22-18(26)13-27-20-24-23-19(25(20)4-2)16-7-5-6-8-17(16)21/h5-12H,3-4,13H2,1-2H3,(H,22,26). The monoisotopic (exact) mass is 384 g/mol. The fourth-order valence-corrected chi connectivity index (χ4v) is 3.48. The Morgan fingerprint density at radius 2 is 1.85 bits per heavy atom. The second kappa shape index (κ2) is 8.81. The van der Waals surface area contributed by atoms with Gasteiger partial charge < -0.3 is 9.88 Å². The van der Waals surface area contributed by atoms with E-state index in [2.05, 4.69) is 22.4 Å². The molecule has 1 heterocycles. The van der Waals surface area contributed by atoms with E-state index < -0.39 is 0 Å². The van der Waals surface area contributed by atoms with E-state index in [0.717, 1.165) is 12.1 Å². The smallest absolute Gasteiger partial charge is 0.234 e. The highest BCUT2D eigenvalue weighted by Crippen LogP contribution is 2.26. The first-order valence-corrected chi connectivity index (χ1v) is 9.80. The van der Waals surface area contributed by atoms with Gasteiger partial charge in [-0.25, -0.2) is 4.39 Å². The molecule has 7 heteroatoms. The van der Waals surface area contributed by atoms with Crippen LogP contribution in [0.25, 0.3) is 11.4 Å². The molecular formula is C20H21FN4OS. The molecule has 0 aliphatic heterocycles. The zero-order valence-electron chi connectivity index (χ0n) is 15.3. The van der Waals surface area contributed by atoms with Crippen molar-refractivity contribution in [2.24, 2.45) is 0 Å². The van der Waals surface area contributed by atoms with Crippen molar-refractivity contribution in [3.63, 3.8) is 0 Å². The maximum atomic E-state index is 14.1. The largest absolute Gasteiger partial charge is 0.325 e. The van der Waals surface area contributed by atoms with Gasteiger partial charge in [0.2, 0.25) is 5.91 Å². The summed E-state index contributed by atoms with van der Waals surface area (Å²) in [6.45, 7) is 4.61. The van der Waals surface area contributed by atoms with Crippen LogP contribution in [0, 0.1) is 5.82 Å². The number of thioether (sulfide) groups is 1. The van der Waals surface area contributed by atoms with Crippen molar-refractivity contribution >= 4 is 23.4 Å². The number of aromatic nitrogens is 3. The number of hydrogen-bond acceptors (Lipinski definition) is 4. The Bertz CT molecular complexity index is 924. The summed E-state index contributed by atoms with van der Waals surface area (Å²) in [5.41, 5.74) is 2.39. The van der Waals surface area contributed by atoms with Gasteiger partial charge >= 0.3 is 0 Å². The van der Waals surface area contributed by atoms with E-state index in [1.54, 1.807) is 18.2 Å². The number of anilines is 1. The number of halogens is 1. The second-order valence-electron chi connectivity index (χ2n) is 5.92. The molecule has 0 saturated heterocycles.